The molecule has 0 atom stereocenters. The second kappa shape index (κ2) is 3.77. The lowest BCUT2D eigenvalue weighted by Gasteiger charge is -1.98. The molecule has 0 spiro atoms. The smallest absolute Gasteiger partial charge is 0.290 e. The number of hydrogen-bond donors (Lipinski definition) is 2. The molecule has 0 aromatic carbocycles. The van der Waals surface area contributed by atoms with Gasteiger partial charge < -0.3 is 5.32 Å². The zero-order valence-electron chi connectivity index (χ0n) is 8.21. The number of rotatable bonds is 4. The van der Waals surface area contributed by atoms with Crippen molar-refractivity contribution in [2.24, 2.45) is 5.92 Å². The molecule has 1 aromatic rings. The fourth-order valence-corrected chi connectivity index (χ4v) is 1.19. The fraction of sp³-hybridized carbons (Fsp3) is 0.667. The Kier molecular flexibility index (Phi) is 2.47. The van der Waals surface area contributed by atoms with Crippen molar-refractivity contribution in [3.8, 4) is 0 Å². The van der Waals surface area contributed by atoms with Crippen LogP contribution in [0.4, 0.5) is 0 Å². The molecule has 1 aliphatic carbocycles. The summed E-state index contributed by atoms with van der Waals surface area (Å²) in [5, 5.41) is 9.37. The summed E-state index contributed by atoms with van der Waals surface area (Å²) in [6.07, 6.45) is 3.23. The number of nitrogens with zero attached hydrogens (tertiary/aromatic N) is 2. The van der Waals surface area contributed by atoms with Crippen molar-refractivity contribution in [1.82, 2.24) is 20.5 Å². The average molecular weight is 194 g/mol. The van der Waals surface area contributed by atoms with Crippen molar-refractivity contribution >= 4 is 5.91 Å². The van der Waals surface area contributed by atoms with Crippen LogP contribution >= 0.6 is 0 Å². The Hall–Kier alpha value is -1.39. The number of H-pyrrole nitrogens is 1. The van der Waals surface area contributed by atoms with E-state index in [4.69, 9.17) is 0 Å². The van der Waals surface area contributed by atoms with Crippen LogP contribution < -0.4 is 5.32 Å². The Labute approximate surface area is 82.3 Å². The maximum atomic E-state index is 11.5. The van der Waals surface area contributed by atoms with E-state index in [0.717, 1.165) is 18.8 Å². The lowest BCUT2D eigenvalue weighted by molar-refractivity contribution is 0.0942. The second-order valence-electron chi connectivity index (χ2n) is 3.61. The first-order valence-electron chi connectivity index (χ1n) is 4.99. The molecule has 2 rings (SSSR count). The van der Waals surface area contributed by atoms with E-state index in [9.17, 15) is 4.79 Å². The van der Waals surface area contributed by atoms with E-state index < -0.39 is 0 Å². The first kappa shape index (κ1) is 9.18. The van der Waals surface area contributed by atoms with Crippen LogP contribution in [0.5, 0.6) is 0 Å². The van der Waals surface area contributed by atoms with Gasteiger partial charge in [-0.15, -0.1) is 5.10 Å². The van der Waals surface area contributed by atoms with E-state index in [-0.39, 0.29) is 11.7 Å². The van der Waals surface area contributed by atoms with Gasteiger partial charge in [0.15, 0.2) is 0 Å². The molecule has 2 N–H and O–H groups in total. The molecule has 1 heterocycles. The summed E-state index contributed by atoms with van der Waals surface area (Å²) in [4.78, 5) is 15.5. The molecule has 0 bridgehead atoms. The Balaban J connectivity index is 1.88. The van der Waals surface area contributed by atoms with Crippen LogP contribution in [0, 0.1) is 5.92 Å². The number of aryl methyl sites for hydroxylation is 1. The summed E-state index contributed by atoms with van der Waals surface area (Å²) in [7, 11) is 0. The Bertz CT molecular complexity index is 329. The van der Waals surface area contributed by atoms with E-state index in [1.807, 2.05) is 6.92 Å². The highest BCUT2D eigenvalue weighted by molar-refractivity contribution is 5.90. The van der Waals surface area contributed by atoms with E-state index in [1.165, 1.54) is 12.8 Å². The van der Waals surface area contributed by atoms with Crippen LogP contribution in [-0.2, 0) is 6.42 Å². The largest absolute Gasteiger partial charge is 0.349 e. The molecule has 1 aliphatic rings. The highest BCUT2D eigenvalue weighted by Crippen LogP contribution is 2.27. The maximum Gasteiger partial charge on any atom is 0.290 e. The third-order valence-corrected chi connectivity index (χ3v) is 2.32. The summed E-state index contributed by atoms with van der Waals surface area (Å²) < 4.78 is 0. The monoisotopic (exact) mass is 194 g/mol. The molecule has 0 unspecified atom stereocenters. The summed E-state index contributed by atoms with van der Waals surface area (Å²) in [6.45, 7) is 2.72. The summed E-state index contributed by atoms with van der Waals surface area (Å²) >= 11 is 0. The van der Waals surface area contributed by atoms with Gasteiger partial charge in [0.2, 0.25) is 5.82 Å². The highest BCUT2D eigenvalue weighted by atomic mass is 16.2. The number of carbonyl (C=O) groups excluding carboxylic acids is 1. The van der Waals surface area contributed by atoms with Crippen molar-refractivity contribution < 1.29 is 4.79 Å². The van der Waals surface area contributed by atoms with Gasteiger partial charge in [-0.3, -0.25) is 9.89 Å². The van der Waals surface area contributed by atoms with Gasteiger partial charge in [0.1, 0.15) is 5.82 Å². The van der Waals surface area contributed by atoms with Crippen molar-refractivity contribution in [3.63, 3.8) is 0 Å². The summed E-state index contributed by atoms with van der Waals surface area (Å²) in [5.74, 6) is 1.51. The first-order chi connectivity index (χ1) is 6.79. The standard InChI is InChI=1S/C9H14N4O/c1-2-7-11-8(13-12-7)9(14)10-5-6-3-4-6/h6H,2-5H2,1H3,(H,10,14)(H,11,12,13). The maximum absolute atomic E-state index is 11.5. The Morgan fingerprint density at radius 2 is 2.43 bits per heavy atom. The molecule has 0 radical (unpaired) electrons. The number of aromatic nitrogens is 3. The van der Waals surface area contributed by atoms with Crippen molar-refractivity contribution in [1.29, 1.82) is 0 Å². The molecule has 1 amide bonds. The lowest BCUT2D eigenvalue weighted by atomic mass is 10.4. The normalized spacial score (nSPS) is 15.5. The molecule has 0 saturated heterocycles. The number of aromatic amines is 1. The molecule has 0 aliphatic heterocycles. The predicted molar refractivity (Wildman–Crippen MR) is 50.8 cm³/mol. The number of amides is 1. The van der Waals surface area contributed by atoms with Gasteiger partial charge in [-0.25, -0.2) is 4.98 Å². The summed E-state index contributed by atoms with van der Waals surface area (Å²) in [6, 6.07) is 0. The van der Waals surface area contributed by atoms with Crippen LogP contribution in [-0.4, -0.2) is 27.6 Å². The van der Waals surface area contributed by atoms with E-state index in [2.05, 4.69) is 20.5 Å². The van der Waals surface area contributed by atoms with Crippen molar-refractivity contribution in [2.45, 2.75) is 26.2 Å². The third kappa shape index (κ3) is 2.10. The van der Waals surface area contributed by atoms with Crippen LogP contribution in [0.2, 0.25) is 0 Å². The molecular weight excluding hydrogens is 180 g/mol. The van der Waals surface area contributed by atoms with Gasteiger partial charge >= 0.3 is 0 Å². The van der Waals surface area contributed by atoms with Crippen molar-refractivity contribution in [3.05, 3.63) is 11.6 Å². The minimum atomic E-state index is -0.173. The second-order valence-corrected chi connectivity index (χ2v) is 3.61. The Morgan fingerprint density at radius 1 is 1.64 bits per heavy atom. The zero-order valence-corrected chi connectivity index (χ0v) is 8.21. The minimum absolute atomic E-state index is 0.173. The third-order valence-electron chi connectivity index (χ3n) is 2.32. The number of carbonyl (C=O) groups is 1. The minimum Gasteiger partial charge on any atom is -0.349 e. The van der Waals surface area contributed by atoms with Crippen LogP contribution in [0.15, 0.2) is 0 Å². The molecular formula is C9H14N4O. The van der Waals surface area contributed by atoms with E-state index in [0.29, 0.717) is 5.92 Å². The molecule has 76 valence electrons. The average Bonchev–Trinajstić information content (AvgIpc) is 2.90. The zero-order chi connectivity index (χ0) is 9.97. The summed E-state index contributed by atoms with van der Waals surface area (Å²) in [5.41, 5.74) is 0. The number of hydrogen-bond acceptors (Lipinski definition) is 3. The highest BCUT2D eigenvalue weighted by Gasteiger charge is 2.22. The van der Waals surface area contributed by atoms with Gasteiger partial charge in [0, 0.05) is 13.0 Å². The molecule has 1 fully saturated rings. The number of nitrogens with one attached hydrogen (secondary N) is 2. The van der Waals surface area contributed by atoms with Gasteiger partial charge in [0.05, 0.1) is 0 Å². The SMILES string of the molecule is CCc1nc(C(=O)NCC2CC2)n[nH]1. The van der Waals surface area contributed by atoms with Crippen molar-refractivity contribution in [2.75, 3.05) is 6.54 Å². The van der Waals surface area contributed by atoms with Crippen LogP contribution in [0.3, 0.4) is 0 Å². The van der Waals surface area contributed by atoms with E-state index in [1.54, 1.807) is 0 Å². The fourth-order valence-electron chi connectivity index (χ4n) is 1.19. The predicted octanol–water partition coefficient (Wildman–Crippen LogP) is 0.507. The van der Waals surface area contributed by atoms with Crippen LogP contribution in [0.1, 0.15) is 36.2 Å². The topological polar surface area (TPSA) is 70.7 Å². The van der Waals surface area contributed by atoms with E-state index >= 15 is 0 Å². The van der Waals surface area contributed by atoms with Gasteiger partial charge in [0.25, 0.3) is 5.91 Å². The van der Waals surface area contributed by atoms with Gasteiger partial charge in [-0.2, -0.15) is 0 Å². The molecule has 1 saturated carbocycles. The first-order valence-corrected chi connectivity index (χ1v) is 4.99. The Morgan fingerprint density at radius 3 is 3.00 bits per heavy atom. The quantitative estimate of drug-likeness (QED) is 0.733. The van der Waals surface area contributed by atoms with Crippen LogP contribution in [0.25, 0.3) is 0 Å². The lowest BCUT2D eigenvalue weighted by Crippen LogP contribution is -2.26. The molecule has 1 aromatic heterocycles. The van der Waals surface area contributed by atoms with Gasteiger partial charge in [-0.05, 0) is 18.8 Å². The molecule has 14 heavy (non-hydrogen) atoms. The molecule has 5 nitrogen and oxygen atoms in total. The molecule has 5 heteroatoms. The van der Waals surface area contributed by atoms with Gasteiger partial charge in [-0.1, -0.05) is 6.92 Å².